The molecule has 1 aromatic heterocycles. The predicted molar refractivity (Wildman–Crippen MR) is 94.6 cm³/mol. The molecule has 0 saturated heterocycles. The summed E-state index contributed by atoms with van der Waals surface area (Å²) in [6.45, 7) is 0.259. The van der Waals surface area contributed by atoms with Crippen LogP contribution < -0.4 is 10.9 Å². The smallest absolute Gasteiger partial charge is 0.262 e. The molecule has 6 nitrogen and oxygen atoms in total. The van der Waals surface area contributed by atoms with Crippen molar-refractivity contribution in [2.75, 3.05) is 7.11 Å². The number of H-pyrrole nitrogens is 1. The monoisotopic (exact) mass is 347 g/mol. The number of para-hydroxylation sites is 1. The molecule has 0 aliphatic heterocycles. The molecule has 2 N–H and O–H groups in total. The zero-order valence-corrected chi connectivity index (χ0v) is 14.4. The number of rotatable bonds is 5. The summed E-state index contributed by atoms with van der Waals surface area (Å²) in [6.07, 6.45) is 3.25. The number of nitrogens with one attached hydrogen (secondary N) is 2. The average molecular weight is 347 g/mol. The summed E-state index contributed by atoms with van der Waals surface area (Å²) in [5.41, 5.74) is 0.542. The van der Waals surface area contributed by atoms with Gasteiger partial charge in [0.2, 0.25) is 5.91 Å². The van der Waals surface area contributed by atoms with Crippen LogP contribution in [0.3, 0.4) is 0 Å². The molecular formula is C17H21N3O3S. The second kappa shape index (κ2) is 7.27. The lowest BCUT2D eigenvalue weighted by Gasteiger charge is -2.19. The molecule has 24 heavy (non-hydrogen) atoms. The molecular weight excluding hydrogens is 326 g/mol. The third-order valence-corrected chi connectivity index (χ3v) is 4.88. The SMILES string of the molecule is COC1CCCC1NC(=O)CCn1c(=S)[nH]c2ccccc2c1=O. The minimum atomic E-state index is -0.169. The first-order chi connectivity index (χ1) is 11.6. The zero-order chi connectivity index (χ0) is 17.1. The number of fused-ring (bicyclic) bond motifs is 1. The van der Waals surface area contributed by atoms with E-state index in [9.17, 15) is 9.59 Å². The van der Waals surface area contributed by atoms with Gasteiger partial charge in [-0.15, -0.1) is 0 Å². The highest BCUT2D eigenvalue weighted by atomic mass is 32.1. The molecule has 1 aromatic carbocycles. The fourth-order valence-corrected chi connectivity index (χ4v) is 3.55. The van der Waals surface area contributed by atoms with Gasteiger partial charge in [-0.05, 0) is 43.6 Å². The quantitative estimate of drug-likeness (QED) is 0.813. The summed E-state index contributed by atoms with van der Waals surface area (Å²) in [5, 5.41) is 3.57. The Morgan fingerprint density at radius 1 is 1.42 bits per heavy atom. The first-order valence-electron chi connectivity index (χ1n) is 8.14. The van der Waals surface area contributed by atoms with E-state index in [4.69, 9.17) is 17.0 Å². The number of benzene rings is 1. The van der Waals surface area contributed by atoms with Crippen LogP contribution in [0.4, 0.5) is 0 Å². The van der Waals surface area contributed by atoms with Gasteiger partial charge in [0.1, 0.15) is 0 Å². The fraction of sp³-hybridized carbons (Fsp3) is 0.471. The summed E-state index contributed by atoms with van der Waals surface area (Å²) < 4.78 is 7.16. The van der Waals surface area contributed by atoms with Crippen LogP contribution in [0.2, 0.25) is 0 Å². The third-order valence-electron chi connectivity index (χ3n) is 4.55. The van der Waals surface area contributed by atoms with Crippen molar-refractivity contribution in [2.45, 2.75) is 44.4 Å². The van der Waals surface area contributed by atoms with Gasteiger partial charge in [0, 0.05) is 20.1 Å². The molecule has 7 heteroatoms. The van der Waals surface area contributed by atoms with Crippen LogP contribution in [0.25, 0.3) is 10.9 Å². The molecule has 3 rings (SSSR count). The number of aromatic amines is 1. The summed E-state index contributed by atoms with van der Waals surface area (Å²) in [5.74, 6) is -0.0848. The van der Waals surface area contributed by atoms with Crippen molar-refractivity contribution in [1.82, 2.24) is 14.9 Å². The van der Waals surface area contributed by atoms with Crippen molar-refractivity contribution < 1.29 is 9.53 Å². The maximum atomic E-state index is 12.5. The topological polar surface area (TPSA) is 76.1 Å². The van der Waals surface area contributed by atoms with Crippen molar-refractivity contribution in [3.8, 4) is 0 Å². The van der Waals surface area contributed by atoms with Crippen molar-refractivity contribution in [1.29, 1.82) is 0 Å². The molecule has 1 aliphatic rings. The molecule has 1 aliphatic carbocycles. The largest absolute Gasteiger partial charge is 0.379 e. The number of hydrogen-bond acceptors (Lipinski definition) is 4. The van der Waals surface area contributed by atoms with E-state index in [0.29, 0.717) is 15.7 Å². The van der Waals surface area contributed by atoms with Crippen molar-refractivity contribution in [2.24, 2.45) is 0 Å². The highest BCUT2D eigenvalue weighted by Gasteiger charge is 2.28. The van der Waals surface area contributed by atoms with Crippen LogP contribution in [0.15, 0.2) is 29.1 Å². The Bertz CT molecular complexity index is 858. The Morgan fingerprint density at radius 3 is 3.00 bits per heavy atom. The Morgan fingerprint density at radius 2 is 2.21 bits per heavy atom. The minimum Gasteiger partial charge on any atom is -0.379 e. The zero-order valence-electron chi connectivity index (χ0n) is 13.6. The Hall–Kier alpha value is -1.99. The molecule has 128 valence electrons. The van der Waals surface area contributed by atoms with E-state index < -0.39 is 0 Å². The van der Waals surface area contributed by atoms with Gasteiger partial charge in [-0.25, -0.2) is 0 Å². The van der Waals surface area contributed by atoms with E-state index in [-0.39, 0.29) is 36.6 Å². The third kappa shape index (κ3) is 3.42. The van der Waals surface area contributed by atoms with E-state index in [1.165, 1.54) is 4.57 Å². The molecule has 0 radical (unpaired) electrons. The van der Waals surface area contributed by atoms with E-state index in [1.807, 2.05) is 18.2 Å². The summed E-state index contributed by atoms with van der Waals surface area (Å²) in [7, 11) is 1.67. The Balaban J connectivity index is 1.70. The second-order valence-corrected chi connectivity index (χ2v) is 6.45. The molecule has 0 bridgehead atoms. The van der Waals surface area contributed by atoms with Gasteiger partial charge in [0.05, 0.1) is 23.0 Å². The van der Waals surface area contributed by atoms with Crippen molar-refractivity contribution >= 4 is 29.0 Å². The lowest BCUT2D eigenvalue weighted by molar-refractivity contribution is -0.122. The molecule has 0 spiro atoms. The number of nitrogens with zero attached hydrogens (tertiary/aromatic N) is 1. The molecule has 1 amide bonds. The van der Waals surface area contributed by atoms with E-state index >= 15 is 0 Å². The van der Waals surface area contributed by atoms with Gasteiger partial charge >= 0.3 is 0 Å². The van der Waals surface area contributed by atoms with E-state index in [1.54, 1.807) is 13.2 Å². The molecule has 2 unspecified atom stereocenters. The van der Waals surface area contributed by atoms with Crippen LogP contribution in [0.1, 0.15) is 25.7 Å². The van der Waals surface area contributed by atoms with E-state index in [0.717, 1.165) is 19.3 Å². The standard InChI is InChI=1S/C17H21N3O3S/c1-23-14-8-4-7-13(14)18-15(21)9-10-20-16(22)11-5-2-3-6-12(11)19-17(20)24/h2-3,5-6,13-14H,4,7-10H2,1H3,(H,18,21)(H,19,24). The maximum Gasteiger partial charge on any atom is 0.262 e. The Kier molecular flexibility index (Phi) is 5.11. The lowest BCUT2D eigenvalue weighted by atomic mass is 10.2. The number of methoxy groups -OCH3 is 1. The molecule has 1 saturated carbocycles. The van der Waals surface area contributed by atoms with Gasteiger partial charge in [-0.3, -0.25) is 14.2 Å². The normalized spacial score (nSPS) is 20.4. The average Bonchev–Trinajstić information content (AvgIpc) is 3.01. The number of aromatic nitrogens is 2. The van der Waals surface area contributed by atoms with Crippen LogP contribution in [-0.4, -0.2) is 34.7 Å². The number of carbonyl (C=O) groups excluding carboxylic acids is 1. The highest BCUT2D eigenvalue weighted by Crippen LogP contribution is 2.21. The molecule has 2 aromatic rings. The highest BCUT2D eigenvalue weighted by molar-refractivity contribution is 7.71. The number of amides is 1. The maximum absolute atomic E-state index is 12.5. The van der Waals surface area contributed by atoms with Gasteiger partial charge in [0.25, 0.3) is 5.56 Å². The van der Waals surface area contributed by atoms with Gasteiger partial charge in [-0.2, -0.15) is 0 Å². The Labute approximate surface area is 144 Å². The summed E-state index contributed by atoms with van der Waals surface area (Å²) in [6, 6.07) is 7.28. The minimum absolute atomic E-state index is 0.0605. The summed E-state index contributed by atoms with van der Waals surface area (Å²) in [4.78, 5) is 27.8. The van der Waals surface area contributed by atoms with Crippen LogP contribution in [0, 0.1) is 4.77 Å². The number of hydrogen-bond donors (Lipinski definition) is 2. The molecule has 2 atom stereocenters. The predicted octanol–water partition coefficient (Wildman–Crippen LogP) is 2.13. The fourth-order valence-electron chi connectivity index (χ4n) is 3.27. The first-order valence-corrected chi connectivity index (χ1v) is 8.55. The van der Waals surface area contributed by atoms with Crippen LogP contribution >= 0.6 is 12.2 Å². The first kappa shape index (κ1) is 16.9. The van der Waals surface area contributed by atoms with Crippen molar-refractivity contribution in [3.05, 3.63) is 39.4 Å². The van der Waals surface area contributed by atoms with Crippen LogP contribution in [0.5, 0.6) is 0 Å². The van der Waals surface area contributed by atoms with Crippen molar-refractivity contribution in [3.63, 3.8) is 0 Å². The summed E-state index contributed by atoms with van der Waals surface area (Å²) >= 11 is 5.26. The number of ether oxygens (including phenoxy) is 1. The number of carbonyl (C=O) groups is 1. The van der Waals surface area contributed by atoms with E-state index in [2.05, 4.69) is 10.3 Å². The second-order valence-electron chi connectivity index (χ2n) is 6.06. The lowest BCUT2D eigenvalue weighted by Crippen LogP contribution is -2.41. The van der Waals surface area contributed by atoms with Gasteiger partial charge < -0.3 is 15.0 Å². The molecule has 1 fully saturated rings. The molecule has 1 heterocycles. The van der Waals surface area contributed by atoms with Crippen LogP contribution in [-0.2, 0) is 16.1 Å². The van der Waals surface area contributed by atoms with Gasteiger partial charge in [0.15, 0.2) is 4.77 Å². The van der Waals surface area contributed by atoms with Gasteiger partial charge in [-0.1, -0.05) is 12.1 Å².